The minimum atomic E-state index is -3.35. The molecule has 1 heterocycles. The Balaban J connectivity index is 1.84. The summed E-state index contributed by atoms with van der Waals surface area (Å²) in [5.41, 5.74) is 2.11. The van der Waals surface area contributed by atoms with Crippen molar-refractivity contribution in [2.24, 2.45) is 5.92 Å². The summed E-state index contributed by atoms with van der Waals surface area (Å²) in [6.45, 7) is 5.28. The topological polar surface area (TPSA) is 68.2 Å². The lowest BCUT2D eigenvalue weighted by Crippen LogP contribution is -2.12. The highest BCUT2D eigenvalue weighted by atomic mass is 32.2. The third kappa shape index (κ3) is 3.96. The van der Waals surface area contributed by atoms with Crippen molar-refractivity contribution in [3.8, 4) is 0 Å². The van der Waals surface area contributed by atoms with Gasteiger partial charge in [0.1, 0.15) is 0 Å². The molecule has 2 aromatic carbocycles. The zero-order chi connectivity index (χ0) is 18.9. The molecule has 136 valence electrons. The highest BCUT2D eigenvalue weighted by Crippen LogP contribution is 2.22. The molecule has 0 atom stereocenters. The van der Waals surface area contributed by atoms with E-state index >= 15 is 0 Å². The lowest BCUT2D eigenvalue weighted by molar-refractivity contribution is 0.102. The Hall–Kier alpha value is -2.60. The molecule has 0 spiro atoms. The first-order valence-corrected chi connectivity index (χ1v) is 10.3. The van der Waals surface area contributed by atoms with E-state index in [0.29, 0.717) is 17.2 Å². The molecule has 6 heteroatoms. The molecule has 0 aliphatic heterocycles. The van der Waals surface area contributed by atoms with Crippen LogP contribution >= 0.6 is 0 Å². The van der Waals surface area contributed by atoms with Crippen LogP contribution in [-0.4, -0.2) is 25.1 Å². The van der Waals surface area contributed by atoms with Crippen molar-refractivity contribution < 1.29 is 13.2 Å². The van der Waals surface area contributed by atoms with Gasteiger partial charge in [0.2, 0.25) is 0 Å². The number of sulfone groups is 1. The molecule has 1 N–H and O–H groups in total. The number of amides is 1. The number of fused-ring (bicyclic) bond motifs is 1. The van der Waals surface area contributed by atoms with Crippen molar-refractivity contribution in [3.05, 3.63) is 60.3 Å². The summed E-state index contributed by atoms with van der Waals surface area (Å²) >= 11 is 0. The second-order valence-electron chi connectivity index (χ2n) is 6.89. The number of carbonyl (C=O) groups excluding carboxylic acids is 1. The highest BCUT2D eigenvalue weighted by molar-refractivity contribution is 7.90. The van der Waals surface area contributed by atoms with Crippen LogP contribution in [0.4, 0.5) is 5.69 Å². The second kappa shape index (κ2) is 6.96. The molecule has 0 aliphatic rings. The average Bonchev–Trinajstić information content (AvgIpc) is 2.96. The van der Waals surface area contributed by atoms with Gasteiger partial charge in [0.05, 0.1) is 4.90 Å². The largest absolute Gasteiger partial charge is 0.347 e. The van der Waals surface area contributed by atoms with Crippen LogP contribution in [0.15, 0.2) is 59.6 Å². The summed E-state index contributed by atoms with van der Waals surface area (Å²) in [5.74, 6) is 0.212. The summed E-state index contributed by atoms with van der Waals surface area (Å²) in [4.78, 5) is 12.6. The van der Waals surface area contributed by atoms with Gasteiger partial charge < -0.3 is 9.88 Å². The van der Waals surface area contributed by atoms with Gasteiger partial charge in [-0.3, -0.25) is 4.79 Å². The molecule has 0 saturated carbocycles. The van der Waals surface area contributed by atoms with Crippen LogP contribution in [0.25, 0.3) is 10.9 Å². The van der Waals surface area contributed by atoms with Gasteiger partial charge in [0, 0.05) is 41.2 Å². The predicted molar refractivity (Wildman–Crippen MR) is 104 cm³/mol. The molecule has 5 nitrogen and oxygen atoms in total. The van der Waals surface area contributed by atoms with Crippen molar-refractivity contribution in [2.45, 2.75) is 25.3 Å². The number of hydrogen-bond acceptors (Lipinski definition) is 3. The molecular weight excluding hydrogens is 348 g/mol. The molecule has 26 heavy (non-hydrogen) atoms. The Labute approximate surface area is 153 Å². The first-order chi connectivity index (χ1) is 12.2. The first kappa shape index (κ1) is 18.2. The summed E-state index contributed by atoms with van der Waals surface area (Å²) in [5, 5.41) is 3.89. The van der Waals surface area contributed by atoms with Gasteiger partial charge >= 0.3 is 0 Å². The summed E-state index contributed by atoms with van der Waals surface area (Å²) in [7, 11) is -3.35. The predicted octanol–water partition coefficient (Wildman–Crippen LogP) is 3.95. The van der Waals surface area contributed by atoms with Gasteiger partial charge in [-0.1, -0.05) is 19.9 Å². The fourth-order valence-electron chi connectivity index (χ4n) is 2.90. The molecule has 1 amide bonds. The number of benzene rings is 2. The molecule has 0 radical (unpaired) electrons. The smallest absolute Gasteiger partial charge is 0.255 e. The number of nitrogens with zero attached hydrogens (tertiary/aromatic N) is 1. The Kier molecular flexibility index (Phi) is 4.87. The number of anilines is 1. The molecule has 0 fully saturated rings. The Morgan fingerprint density at radius 3 is 2.58 bits per heavy atom. The molecule has 3 aromatic rings. The number of carbonyl (C=O) groups is 1. The number of nitrogens with one attached hydrogen (secondary N) is 1. The van der Waals surface area contributed by atoms with Crippen LogP contribution in [0.2, 0.25) is 0 Å². The Morgan fingerprint density at radius 1 is 1.12 bits per heavy atom. The fraction of sp³-hybridized carbons (Fsp3) is 0.250. The van der Waals surface area contributed by atoms with E-state index in [4.69, 9.17) is 0 Å². The molecule has 0 unspecified atom stereocenters. The molecule has 1 aromatic heterocycles. The van der Waals surface area contributed by atoms with Crippen molar-refractivity contribution >= 4 is 32.3 Å². The van der Waals surface area contributed by atoms with E-state index < -0.39 is 9.84 Å². The Morgan fingerprint density at radius 2 is 1.88 bits per heavy atom. The van der Waals surface area contributed by atoms with Crippen LogP contribution in [0.3, 0.4) is 0 Å². The summed E-state index contributed by atoms with van der Waals surface area (Å²) in [6, 6.07) is 13.8. The van der Waals surface area contributed by atoms with E-state index in [0.717, 1.165) is 23.7 Å². The van der Waals surface area contributed by atoms with Crippen LogP contribution in [0.5, 0.6) is 0 Å². The third-order valence-electron chi connectivity index (χ3n) is 4.12. The van der Waals surface area contributed by atoms with E-state index in [-0.39, 0.29) is 10.8 Å². The third-order valence-corrected chi connectivity index (χ3v) is 5.23. The van der Waals surface area contributed by atoms with Crippen LogP contribution in [-0.2, 0) is 16.4 Å². The van der Waals surface area contributed by atoms with Gasteiger partial charge in [-0.15, -0.1) is 0 Å². The van der Waals surface area contributed by atoms with Gasteiger partial charge in [-0.25, -0.2) is 8.42 Å². The van der Waals surface area contributed by atoms with Crippen LogP contribution < -0.4 is 5.32 Å². The number of rotatable bonds is 5. The van der Waals surface area contributed by atoms with Crippen molar-refractivity contribution in [1.82, 2.24) is 4.57 Å². The zero-order valence-electron chi connectivity index (χ0n) is 15.1. The maximum absolute atomic E-state index is 12.5. The van der Waals surface area contributed by atoms with Gasteiger partial charge in [0.15, 0.2) is 9.84 Å². The van der Waals surface area contributed by atoms with E-state index in [2.05, 4.69) is 23.7 Å². The molecule has 0 bridgehead atoms. The lowest BCUT2D eigenvalue weighted by atomic mass is 10.2. The molecule has 0 aliphatic carbocycles. The maximum Gasteiger partial charge on any atom is 0.255 e. The van der Waals surface area contributed by atoms with Crippen LogP contribution in [0, 0.1) is 5.92 Å². The minimum absolute atomic E-state index is 0.131. The maximum atomic E-state index is 12.5. The van der Waals surface area contributed by atoms with E-state index in [9.17, 15) is 13.2 Å². The van der Waals surface area contributed by atoms with Gasteiger partial charge in [-0.05, 0) is 48.4 Å². The molecular formula is C20H22N2O3S. The lowest BCUT2D eigenvalue weighted by Gasteiger charge is -2.10. The standard InChI is InChI=1S/C20H22N2O3S/c1-14(2)13-22-10-9-15-11-17(7-8-19(15)22)21-20(23)16-5-4-6-18(12-16)26(3,24)25/h4-12,14H,13H2,1-3H3,(H,21,23). The first-order valence-electron chi connectivity index (χ1n) is 8.44. The van der Waals surface area contributed by atoms with E-state index in [1.165, 1.54) is 12.1 Å². The quantitative estimate of drug-likeness (QED) is 0.739. The molecule has 3 rings (SSSR count). The van der Waals surface area contributed by atoms with Crippen molar-refractivity contribution in [1.29, 1.82) is 0 Å². The monoisotopic (exact) mass is 370 g/mol. The number of hydrogen-bond donors (Lipinski definition) is 1. The summed E-state index contributed by atoms with van der Waals surface area (Å²) in [6.07, 6.45) is 3.17. The van der Waals surface area contributed by atoms with Crippen LogP contribution in [0.1, 0.15) is 24.2 Å². The SMILES string of the molecule is CC(C)Cn1ccc2cc(NC(=O)c3cccc(S(C)(=O)=O)c3)ccc21. The zero-order valence-corrected chi connectivity index (χ0v) is 15.9. The second-order valence-corrected chi connectivity index (χ2v) is 8.91. The van der Waals surface area contributed by atoms with E-state index in [1.807, 2.05) is 30.5 Å². The summed E-state index contributed by atoms with van der Waals surface area (Å²) < 4.78 is 25.5. The fourth-order valence-corrected chi connectivity index (χ4v) is 3.57. The number of aromatic nitrogens is 1. The Bertz CT molecular complexity index is 1070. The normalized spacial score (nSPS) is 11.8. The van der Waals surface area contributed by atoms with Gasteiger partial charge in [0.25, 0.3) is 5.91 Å². The van der Waals surface area contributed by atoms with Crippen molar-refractivity contribution in [2.75, 3.05) is 11.6 Å². The van der Waals surface area contributed by atoms with Gasteiger partial charge in [-0.2, -0.15) is 0 Å². The molecule has 0 saturated heterocycles. The average molecular weight is 370 g/mol. The highest BCUT2D eigenvalue weighted by Gasteiger charge is 2.12. The minimum Gasteiger partial charge on any atom is -0.347 e. The van der Waals surface area contributed by atoms with E-state index in [1.54, 1.807) is 12.1 Å². The van der Waals surface area contributed by atoms with Crippen molar-refractivity contribution in [3.63, 3.8) is 0 Å².